The number of Topliss-reactive ketones (excluding diaryl/α,β-unsaturated/α-hetero) is 1. The van der Waals surface area contributed by atoms with Crippen molar-refractivity contribution in [1.29, 1.82) is 0 Å². The lowest BCUT2D eigenvalue weighted by molar-refractivity contribution is -0.166. The average Bonchev–Trinajstić information content (AvgIpc) is 2.80. The lowest BCUT2D eigenvalue weighted by Crippen LogP contribution is -2.76. The van der Waals surface area contributed by atoms with Crippen LogP contribution in [0.4, 0.5) is 0 Å². The Kier molecular flexibility index (Phi) is 1.95. The lowest BCUT2D eigenvalue weighted by atomic mass is 9.49. The molecule has 3 N–H and O–H groups in total. The predicted octanol–water partition coefficient (Wildman–Crippen LogP) is 0.403. The summed E-state index contributed by atoms with van der Waals surface area (Å²) in [6, 6.07) is 3.49. The number of piperidine rings is 1. The number of phenolic OH excluding ortho intramolecular Hbond substituents is 1. The van der Waals surface area contributed by atoms with Crippen LogP contribution >= 0.6 is 0 Å². The highest BCUT2D eigenvalue weighted by atomic mass is 16.5. The molecule has 2 aliphatic heterocycles. The second kappa shape index (κ2) is 3.42. The first kappa shape index (κ1) is 12.0. The van der Waals surface area contributed by atoms with Crippen molar-refractivity contribution in [3.8, 4) is 11.5 Å². The SMILES string of the molecule is O=C1CCC2(O)[C@H]3Cc4ccc(O)c5c4[C@@]2(CCN3)[C@H]1O5. The molecule has 0 amide bonds. The third kappa shape index (κ3) is 1.09. The Balaban J connectivity index is 1.89. The van der Waals surface area contributed by atoms with Gasteiger partial charge in [0.2, 0.25) is 0 Å². The fourth-order valence-electron chi connectivity index (χ4n) is 5.22. The number of carbonyl (C=O) groups is 1. The molecule has 0 aromatic heterocycles. The van der Waals surface area contributed by atoms with Gasteiger partial charge in [-0.25, -0.2) is 0 Å². The average molecular weight is 287 g/mol. The number of phenols is 1. The fourth-order valence-corrected chi connectivity index (χ4v) is 5.22. The zero-order valence-electron chi connectivity index (χ0n) is 11.6. The Morgan fingerprint density at radius 1 is 1.33 bits per heavy atom. The van der Waals surface area contributed by atoms with Gasteiger partial charge in [-0.1, -0.05) is 6.07 Å². The van der Waals surface area contributed by atoms with Gasteiger partial charge in [-0.15, -0.1) is 0 Å². The predicted molar refractivity (Wildman–Crippen MR) is 73.5 cm³/mol. The minimum Gasteiger partial charge on any atom is -0.504 e. The lowest BCUT2D eigenvalue weighted by Gasteiger charge is -2.59. The maximum absolute atomic E-state index is 12.4. The van der Waals surface area contributed by atoms with Crippen LogP contribution in [0.5, 0.6) is 11.5 Å². The number of hydrogen-bond acceptors (Lipinski definition) is 5. The molecule has 5 nitrogen and oxygen atoms in total. The van der Waals surface area contributed by atoms with Gasteiger partial charge in [-0.2, -0.15) is 0 Å². The zero-order valence-corrected chi connectivity index (χ0v) is 11.6. The number of rotatable bonds is 0. The van der Waals surface area contributed by atoms with Gasteiger partial charge < -0.3 is 20.3 Å². The maximum Gasteiger partial charge on any atom is 0.174 e. The van der Waals surface area contributed by atoms with E-state index in [-0.39, 0.29) is 17.6 Å². The third-order valence-corrected chi connectivity index (χ3v) is 6.08. The van der Waals surface area contributed by atoms with Gasteiger partial charge in [0, 0.05) is 18.0 Å². The van der Waals surface area contributed by atoms with Gasteiger partial charge >= 0.3 is 0 Å². The van der Waals surface area contributed by atoms with E-state index in [1.807, 2.05) is 6.07 Å². The summed E-state index contributed by atoms with van der Waals surface area (Å²) in [5, 5.41) is 25.0. The van der Waals surface area contributed by atoms with Crippen LogP contribution in [0.25, 0.3) is 0 Å². The summed E-state index contributed by atoms with van der Waals surface area (Å²) in [7, 11) is 0. The van der Waals surface area contributed by atoms with E-state index in [2.05, 4.69) is 5.32 Å². The quantitative estimate of drug-likeness (QED) is 0.644. The first-order valence-electron chi connectivity index (χ1n) is 7.58. The van der Waals surface area contributed by atoms with Crippen molar-refractivity contribution in [3.63, 3.8) is 0 Å². The molecule has 4 aliphatic rings. The van der Waals surface area contributed by atoms with Crippen molar-refractivity contribution in [2.75, 3.05) is 6.54 Å². The van der Waals surface area contributed by atoms with Crippen LogP contribution in [0.2, 0.25) is 0 Å². The highest BCUT2D eigenvalue weighted by molar-refractivity contribution is 5.90. The van der Waals surface area contributed by atoms with Crippen LogP contribution in [0.15, 0.2) is 12.1 Å². The van der Waals surface area contributed by atoms with Crippen molar-refractivity contribution >= 4 is 5.78 Å². The summed E-state index contributed by atoms with van der Waals surface area (Å²) in [5.41, 5.74) is 0.332. The maximum atomic E-state index is 12.4. The molecule has 2 fully saturated rings. The fraction of sp³-hybridized carbons (Fsp3) is 0.562. The minimum absolute atomic E-state index is 0.0452. The Hall–Kier alpha value is -1.59. The van der Waals surface area contributed by atoms with Crippen LogP contribution in [-0.4, -0.2) is 40.3 Å². The Bertz CT molecular complexity index is 687. The highest BCUT2D eigenvalue weighted by Crippen LogP contribution is 2.63. The molecule has 1 unspecified atom stereocenters. The number of carbonyl (C=O) groups excluding carboxylic acids is 1. The number of aliphatic hydroxyl groups is 1. The molecule has 0 radical (unpaired) electrons. The Morgan fingerprint density at radius 3 is 3.05 bits per heavy atom. The molecule has 110 valence electrons. The number of ketones is 1. The largest absolute Gasteiger partial charge is 0.504 e. The molecule has 2 heterocycles. The molecule has 5 rings (SSSR count). The van der Waals surface area contributed by atoms with Gasteiger partial charge in [0.15, 0.2) is 23.4 Å². The molecule has 1 spiro atoms. The van der Waals surface area contributed by atoms with E-state index in [0.717, 1.165) is 17.7 Å². The monoisotopic (exact) mass is 287 g/mol. The van der Waals surface area contributed by atoms with Crippen molar-refractivity contribution in [3.05, 3.63) is 23.3 Å². The molecule has 5 heteroatoms. The molecule has 21 heavy (non-hydrogen) atoms. The van der Waals surface area contributed by atoms with E-state index >= 15 is 0 Å². The van der Waals surface area contributed by atoms with Crippen LogP contribution < -0.4 is 10.1 Å². The number of benzene rings is 1. The first-order valence-corrected chi connectivity index (χ1v) is 7.58. The van der Waals surface area contributed by atoms with Crippen LogP contribution in [0, 0.1) is 0 Å². The molecule has 4 atom stereocenters. The molecule has 1 saturated carbocycles. The van der Waals surface area contributed by atoms with Crippen LogP contribution in [0.1, 0.15) is 30.4 Å². The van der Waals surface area contributed by atoms with Gasteiger partial charge in [0.25, 0.3) is 0 Å². The van der Waals surface area contributed by atoms with Gasteiger partial charge in [0.05, 0.1) is 11.0 Å². The van der Waals surface area contributed by atoms with E-state index in [0.29, 0.717) is 31.4 Å². The summed E-state index contributed by atoms with van der Waals surface area (Å²) in [6.07, 6.45) is 1.54. The molecule has 2 bridgehead atoms. The number of ether oxygens (including phenoxy) is 1. The minimum atomic E-state index is -0.962. The molecular formula is C16H17NO4. The van der Waals surface area contributed by atoms with Gasteiger partial charge in [0.1, 0.15) is 0 Å². The zero-order chi connectivity index (χ0) is 14.4. The van der Waals surface area contributed by atoms with E-state index in [4.69, 9.17) is 4.74 Å². The Labute approximate surface area is 121 Å². The molecule has 1 aromatic rings. The van der Waals surface area contributed by atoms with Crippen molar-refractivity contribution in [2.24, 2.45) is 0 Å². The summed E-state index contributed by atoms with van der Waals surface area (Å²) in [6.45, 7) is 0.759. The van der Waals surface area contributed by atoms with Crippen molar-refractivity contribution in [1.82, 2.24) is 5.32 Å². The van der Waals surface area contributed by atoms with E-state index in [1.165, 1.54) is 0 Å². The van der Waals surface area contributed by atoms with E-state index < -0.39 is 17.1 Å². The number of aromatic hydroxyl groups is 1. The van der Waals surface area contributed by atoms with Gasteiger partial charge in [-0.3, -0.25) is 4.79 Å². The van der Waals surface area contributed by atoms with E-state index in [9.17, 15) is 15.0 Å². The second-order valence-corrected chi connectivity index (χ2v) is 6.77. The molecule has 1 aromatic carbocycles. The van der Waals surface area contributed by atoms with Crippen LogP contribution in [0.3, 0.4) is 0 Å². The topological polar surface area (TPSA) is 78.8 Å². The first-order chi connectivity index (χ1) is 10.1. The molecule has 2 aliphatic carbocycles. The van der Waals surface area contributed by atoms with Crippen LogP contribution in [-0.2, 0) is 16.6 Å². The van der Waals surface area contributed by atoms with Crippen molar-refractivity contribution in [2.45, 2.75) is 48.8 Å². The van der Waals surface area contributed by atoms with Gasteiger partial charge in [-0.05, 0) is 37.4 Å². The Morgan fingerprint density at radius 2 is 2.19 bits per heavy atom. The summed E-state index contributed by atoms with van der Waals surface area (Å²) >= 11 is 0. The summed E-state index contributed by atoms with van der Waals surface area (Å²) in [5.74, 6) is 0.542. The third-order valence-electron chi connectivity index (χ3n) is 6.08. The summed E-state index contributed by atoms with van der Waals surface area (Å²) in [4.78, 5) is 12.4. The number of nitrogens with one attached hydrogen (secondary N) is 1. The smallest absolute Gasteiger partial charge is 0.174 e. The highest BCUT2D eigenvalue weighted by Gasteiger charge is 2.71. The van der Waals surface area contributed by atoms with Crippen molar-refractivity contribution < 1.29 is 19.7 Å². The normalized spacial score (nSPS) is 42.4. The second-order valence-electron chi connectivity index (χ2n) is 6.77. The van der Waals surface area contributed by atoms with E-state index in [1.54, 1.807) is 6.07 Å². The molecule has 1 saturated heterocycles. The number of hydrogen-bond donors (Lipinski definition) is 3. The summed E-state index contributed by atoms with van der Waals surface area (Å²) < 4.78 is 5.90. The standard InChI is InChI=1S/C16H17NO4/c18-9-2-1-8-7-11-16(20)4-3-10(19)14-15(16,5-6-17-11)12(8)13(9)21-14/h1-2,11,14,17-18,20H,3-7H2/t11-,14+,15+,16?/m1/s1. The molecular weight excluding hydrogens is 270 g/mol.